The molecule has 27 heavy (non-hydrogen) atoms. The second kappa shape index (κ2) is 8.50. The number of rotatable bonds is 7. The highest BCUT2D eigenvalue weighted by Crippen LogP contribution is 2.26. The van der Waals surface area contributed by atoms with Crippen LogP contribution in [0.15, 0.2) is 47.3 Å². The van der Waals surface area contributed by atoms with Crippen LogP contribution in [0.4, 0.5) is 10.5 Å². The zero-order valence-corrected chi connectivity index (χ0v) is 15.3. The molecule has 1 atom stereocenters. The quantitative estimate of drug-likeness (QED) is 0.593. The number of urea groups is 1. The molecule has 8 heteroatoms. The van der Waals surface area contributed by atoms with Gasteiger partial charge in [-0.25, -0.2) is 4.79 Å². The van der Waals surface area contributed by atoms with Gasteiger partial charge in [-0.2, -0.15) is 0 Å². The van der Waals surface area contributed by atoms with E-state index in [-0.39, 0.29) is 18.6 Å². The van der Waals surface area contributed by atoms with Crippen LogP contribution in [-0.4, -0.2) is 39.1 Å². The van der Waals surface area contributed by atoms with Crippen LogP contribution in [0.25, 0.3) is 11.4 Å². The van der Waals surface area contributed by atoms with Crippen molar-refractivity contribution in [1.29, 1.82) is 0 Å². The Hall–Kier alpha value is -3.13. The predicted octanol–water partition coefficient (Wildman–Crippen LogP) is 2.36. The lowest BCUT2D eigenvalue weighted by Gasteiger charge is -2.16. The fourth-order valence-electron chi connectivity index (χ4n) is 2.86. The van der Waals surface area contributed by atoms with Crippen LogP contribution >= 0.6 is 0 Å². The fourth-order valence-corrected chi connectivity index (χ4v) is 2.86. The fraction of sp³-hybridized carbons (Fsp3) is 0.316. The first kappa shape index (κ1) is 18.7. The van der Waals surface area contributed by atoms with E-state index < -0.39 is 0 Å². The third-order valence-corrected chi connectivity index (χ3v) is 4.41. The molecule has 0 saturated carbocycles. The van der Waals surface area contributed by atoms with Crippen LogP contribution in [0, 0.1) is 12.8 Å². The minimum Gasteiger partial charge on any atom is -0.469 e. The van der Waals surface area contributed by atoms with Crippen LogP contribution in [0.2, 0.25) is 0 Å². The Morgan fingerprint density at radius 1 is 1.33 bits per heavy atom. The van der Waals surface area contributed by atoms with E-state index in [1.54, 1.807) is 18.7 Å². The molecule has 0 radical (unpaired) electrons. The van der Waals surface area contributed by atoms with E-state index in [4.69, 9.17) is 4.42 Å². The van der Waals surface area contributed by atoms with Crippen molar-refractivity contribution in [2.45, 2.75) is 13.3 Å². The van der Waals surface area contributed by atoms with Gasteiger partial charge < -0.3 is 24.7 Å². The number of carbonyl (C=O) groups is 1. The molecule has 2 aromatic heterocycles. The summed E-state index contributed by atoms with van der Waals surface area (Å²) in [5.41, 5.74) is 2.50. The SMILES string of the molecule is Cc1c(NC(=O)NC[C@@H](CO)Cc2ccco2)cccc1-c1nncn1C. The molecule has 142 valence electrons. The normalized spacial score (nSPS) is 12.0. The van der Waals surface area contributed by atoms with E-state index in [1.165, 1.54) is 0 Å². The molecule has 0 saturated heterocycles. The van der Waals surface area contributed by atoms with Gasteiger partial charge in [-0.05, 0) is 30.7 Å². The van der Waals surface area contributed by atoms with Crippen LogP contribution in [0.5, 0.6) is 0 Å². The molecule has 3 rings (SSSR count). The molecule has 3 aromatic rings. The Kier molecular flexibility index (Phi) is 5.87. The van der Waals surface area contributed by atoms with Gasteiger partial charge >= 0.3 is 6.03 Å². The summed E-state index contributed by atoms with van der Waals surface area (Å²) in [7, 11) is 1.87. The molecule has 2 heterocycles. The summed E-state index contributed by atoms with van der Waals surface area (Å²) in [6.07, 6.45) is 3.79. The zero-order valence-electron chi connectivity index (χ0n) is 15.3. The number of hydrogen-bond acceptors (Lipinski definition) is 5. The highest BCUT2D eigenvalue weighted by atomic mass is 16.3. The van der Waals surface area contributed by atoms with Crippen molar-refractivity contribution in [3.63, 3.8) is 0 Å². The molecule has 1 aromatic carbocycles. The first-order chi connectivity index (χ1) is 13.1. The van der Waals surface area contributed by atoms with Crippen molar-refractivity contribution in [2.24, 2.45) is 13.0 Å². The summed E-state index contributed by atoms with van der Waals surface area (Å²) in [5, 5.41) is 23.2. The Morgan fingerprint density at radius 3 is 2.85 bits per heavy atom. The Morgan fingerprint density at radius 2 is 2.19 bits per heavy atom. The molecule has 0 aliphatic rings. The zero-order chi connectivity index (χ0) is 19.2. The average molecular weight is 369 g/mol. The molecule has 0 aliphatic heterocycles. The van der Waals surface area contributed by atoms with Gasteiger partial charge in [0.1, 0.15) is 12.1 Å². The molecule has 3 N–H and O–H groups in total. The second-order valence-corrected chi connectivity index (χ2v) is 6.41. The highest BCUT2D eigenvalue weighted by Gasteiger charge is 2.14. The molecular weight excluding hydrogens is 346 g/mol. The molecule has 0 aliphatic carbocycles. The summed E-state index contributed by atoms with van der Waals surface area (Å²) in [6.45, 7) is 2.22. The van der Waals surface area contributed by atoms with Gasteiger partial charge in [0, 0.05) is 43.8 Å². The maximum atomic E-state index is 12.3. The molecule has 2 amide bonds. The van der Waals surface area contributed by atoms with Crippen molar-refractivity contribution in [2.75, 3.05) is 18.5 Å². The number of anilines is 1. The number of aromatic nitrogens is 3. The number of aliphatic hydroxyl groups excluding tert-OH is 1. The summed E-state index contributed by atoms with van der Waals surface area (Å²) < 4.78 is 7.12. The second-order valence-electron chi connectivity index (χ2n) is 6.41. The van der Waals surface area contributed by atoms with E-state index in [1.807, 2.05) is 42.8 Å². The lowest BCUT2D eigenvalue weighted by atomic mass is 10.1. The number of furan rings is 1. The van der Waals surface area contributed by atoms with Crippen LogP contribution in [-0.2, 0) is 13.5 Å². The number of aryl methyl sites for hydroxylation is 1. The van der Waals surface area contributed by atoms with Gasteiger partial charge in [-0.3, -0.25) is 0 Å². The minimum atomic E-state index is -0.328. The van der Waals surface area contributed by atoms with Gasteiger partial charge in [0.25, 0.3) is 0 Å². The predicted molar refractivity (Wildman–Crippen MR) is 101 cm³/mol. The van der Waals surface area contributed by atoms with Crippen molar-refractivity contribution in [3.05, 3.63) is 54.2 Å². The number of nitrogens with zero attached hydrogens (tertiary/aromatic N) is 3. The van der Waals surface area contributed by atoms with Crippen LogP contribution in [0.1, 0.15) is 11.3 Å². The van der Waals surface area contributed by atoms with Gasteiger partial charge in [-0.1, -0.05) is 12.1 Å². The minimum absolute atomic E-state index is 0.0400. The van der Waals surface area contributed by atoms with Crippen molar-refractivity contribution in [3.8, 4) is 11.4 Å². The van der Waals surface area contributed by atoms with Gasteiger partial charge in [0.15, 0.2) is 5.82 Å². The van der Waals surface area contributed by atoms with Gasteiger partial charge in [0.05, 0.1) is 6.26 Å². The van der Waals surface area contributed by atoms with E-state index in [0.29, 0.717) is 18.7 Å². The number of amides is 2. The molecular formula is C19H23N5O3. The van der Waals surface area contributed by atoms with E-state index in [2.05, 4.69) is 20.8 Å². The third kappa shape index (κ3) is 4.53. The lowest BCUT2D eigenvalue weighted by molar-refractivity contribution is 0.213. The summed E-state index contributed by atoms with van der Waals surface area (Å²) >= 11 is 0. The highest BCUT2D eigenvalue weighted by molar-refractivity contribution is 5.91. The number of hydrogen-bond donors (Lipinski definition) is 3. The number of nitrogens with one attached hydrogen (secondary N) is 2. The molecule has 8 nitrogen and oxygen atoms in total. The van der Waals surface area contributed by atoms with Crippen molar-refractivity contribution in [1.82, 2.24) is 20.1 Å². The Labute approximate surface area is 157 Å². The van der Waals surface area contributed by atoms with Gasteiger partial charge in [0.2, 0.25) is 0 Å². The number of benzene rings is 1. The first-order valence-corrected chi connectivity index (χ1v) is 8.70. The standard InChI is InChI=1S/C19H23N5O3/c1-13-16(18-23-21-12-24(18)2)6-3-7-17(13)22-19(26)20-10-14(11-25)9-15-5-4-8-27-15/h3-8,12,14,25H,9-11H2,1-2H3,(H2,20,22,26)/t14-/m0/s1. The molecule has 0 fully saturated rings. The maximum absolute atomic E-state index is 12.3. The lowest BCUT2D eigenvalue weighted by Crippen LogP contribution is -2.35. The average Bonchev–Trinajstić information content (AvgIpc) is 3.32. The Balaban J connectivity index is 1.61. The number of carbonyl (C=O) groups excluding carboxylic acids is 1. The molecule has 0 unspecified atom stereocenters. The van der Waals surface area contributed by atoms with Crippen LogP contribution < -0.4 is 10.6 Å². The van der Waals surface area contributed by atoms with Gasteiger partial charge in [-0.15, -0.1) is 10.2 Å². The Bertz CT molecular complexity index is 889. The monoisotopic (exact) mass is 369 g/mol. The third-order valence-electron chi connectivity index (χ3n) is 4.41. The summed E-state index contributed by atoms with van der Waals surface area (Å²) in [5.74, 6) is 1.40. The van der Waals surface area contributed by atoms with E-state index in [0.717, 1.165) is 22.7 Å². The van der Waals surface area contributed by atoms with E-state index >= 15 is 0 Å². The number of aliphatic hydroxyl groups is 1. The smallest absolute Gasteiger partial charge is 0.319 e. The van der Waals surface area contributed by atoms with Crippen molar-refractivity contribution < 1.29 is 14.3 Å². The first-order valence-electron chi connectivity index (χ1n) is 8.70. The molecule has 0 bridgehead atoms. The summed E-state index contributed by atoms with van der Waals surface area (Å²) in [4.78, 5) is 12.3. The summed E-state index contributed by atoms with van der Waals surface area (Å²) in [6, 6.07) is 8.96. The largest absolute Gasteiger partial charge is 0.469 e. The van der Waals surface area contributed by atoms with E-state index in [9.17, 15) is 9.90 Å². The topological polar surface area (TPSA) is 105 Å². The molecule has 0 spiro atoms. The van der Waals surface area contributed by atoms with Crippen LogP contribution in [0.3, 0.4) is 0 Å². The maximum Gasteiger partial charge on any atom is 0.319 e. The van der Waals surface area contributed by atoms with Crippen molar-refractivity contribution >= 4 is 11.7 Å².